The van der Waals surface area contributed by atoms with Crippen molar-refractivity contribution in [3.8, 4) is 5.69 Å². The Morgan fingerprint density at radius 1 is 0.968 bits per heavy atom. The highest BCUT2D eigenvalue weighted by Crippen LogP contribution is 2.24. The van der Waals surface area contributed by atoms with E-state index in [-0.39, 0.29) is 5.91 Å². The van der Waals surface area contributed by atoms with Crippen LogP contribution in [0.2, 0.25) is 5.02 Å². The number of nitrogens with one attached hydrogen (secondary N) is 1. The van der Waals surface area contributed by atoms with Crippen LogP contribution in [0.25, 0.3) is 16.7 Å². The molecule has 7 heteroatoms. The zero-order chi connectivity index (χ0) is 22.0. The van der Waals surface area contributed by atoms with Crippen molar-refractivity contribution >= 4 is 39.9 Å². The molecule has 4 aromatic rings. The molecule has 0 saturated heterocycles. The second-order valence-corrected chi connectivity index (χ2v) is 7.73. The number of carbonyl (C=O) groups is 1. The van der Waals surface area contributed by atoms with E-state index in [1.54, 1.807) is 29.1 Å². The molecular formula is C24H24ClN5O. The Balaban J connectivity index is 1.60. The first kappa shape index (κ1) is 20.9. The monoisotopic (exact) mass is 433 g/mol. The molecule has 0 aliphatic heterocycles. The third-order valence-corrected chi connectivity index (χ3v) is 5.54. The Morgan fingerprint density at radius 3 is 2.19 bits per heavy atom. The van der Waals surface area contributed by atoms with Gasteiger partial charge in [0.2, 0.25) is 0 Å². The molecule has 0 unspecified atom stereocenters. The van der Waals surface area contributed by atoms with E-state index in [2.05, 4.69) is 46.4 Å². The fourth-order valence-electron chi connectivity index (χ4n) is 3.50. The molecule has 158 valence electrons. The summed E-state index contributed by atoms with van der Waals surface area (Å²) in [5.41, 5.74) is 5.71. The fourth-order valence-corrected chi connectivity index (χ4v) is 3.63. The maximum atomic E-state index is 12.6. The predicted molar refractivity (Wildman–Crippen MR) is 127 cm³/mol. The van der Waals surface area contributed by atoms with Gasteiger partial charge in [-0.05, 0) is 87.0 Å². The summed E-state index contributed by atoms with van der Waals surface area (Å²) in [5.74, 6) is -0.196. The van der Waals surface area contributed by atoms with Gasteiger partial charge in [0.1, 0.15) is 11.0 Å². The van der Waals surface area contributed by atoms with Crippen LogP contribution in [0.4, 0.5) is 11.4 Å². The highest BCUT2D eigenvalue weighted by Gasteiger charge is 2.12. The topological polar surface area (TPSA) is 63.1 Å². The Bertz CT molecular complexity index is 1210. The molecule has 6 nitrogen and oxygen atoms in total. The highest BCUT2D eigenvalue weighted by atomic mass is 35.5. The number of hydrogen-bond acceptors (Lipinski definition) is 4. The minimum Gasteiger partial charge on any atom is -0.372 e. The number of amides is 1. The van der Waals surface area contributed by atoms with Gasteiger partial charge >= 0.3 is 0 Å². The molecule has 0 radical (unpaired) electrons. The Labute approximate surface area is 186 Å². The highest BCUT2D eigenvalue weighted by molar-refractivity contribution is 6.30. The van der Waals surface area contributed by atoms with E-state index in [0.29, 0.717) is 21.8 Å². The van der Waals surface area contributed by atoms with Crippen LogP contribution in [0.5, 0.6) is 0 Å². The minimum atomic E-state index is -0.196. The second kappa shape index (κ2) is 8.78. The molecule has 0 spiro atoms. The van der Waals surface area contributed by atoms with Crippen molar-refractivity contribution < 1.29 is 4.79 Å². The predicted octanol–water partition coefficient (Wildman–Crippen LogP) is 5.48. The van der Waals surface area contributed by atoms with E-state index in [4.69, 9.17) is 11.6 Å². The van der Waals surface area contributed by atoms with Gasteiger partial charge in [-0.3, -0.25) is 4.79 Å². The maximum Gasteiger partial charge on any atom is 0.255 e. The normalized spacial score (nSPS) is 11.0. The van der Waals surface area contributed by atoms with Gasteiger partial charge in [0.25, 0.3) is 5.91 Å². The lowest BCUT2D eigenvalue weighted by atomic mass is 10.1. The van der Waals surface area contributed by atoms with Crippen molar-refractivity contribution in [3.05, 3.63) is 76.8 Å². The average Bonchev–Trinajstić information content (AvgIpc) is 3.18. The van der Waals surface area contributed by atoms with Gasteiger partial charge in [-0.2, -0.15) is 4.80 Å². The quantitative estimate of drug-likeness (QED) is 0.437. The van der Waals surface area contributed by atoms with Crippen molar-refractivity contribution in [2.45, 2.75) is 20.8 Å². The van der Waals surface area contributed by atoms with Crippen LogP contribution in [0.3, 0.4) is 0 Å². The van der Waals surface area contributed by atoms with Gasteiger partial charge in [-0.25, -0.2) is 0 Å². The molecule has 3 aromatic carbocycles. The van der Waals surface area contributed by atoms with Gasteiger partial charge in [-0.1, -0.05) is 11.6 Å². The Hall–Kier alpha value is -3.38. The molecule has 0 fully saturated rings. The van der Waals surface area contributed by atoms with Gasteiger partial charge in [0.15, 0.2) is 0 Å². The number of halogens is 1. The summed E-state index contributed by atoms with van der Waals surface area (Å²) >= 11 is 5.91. The zero-order valence-corrected chi connectivity index (χ0v) is 18.5. The van der Waals surface area contributed by atoms with Crippen molar-refractivity contribution in [2.24, 2.45) is 0 Å². The standard InChI is InChI=1S/C24H24ClN5O/c1-4-29(5-2)19-10-12-20(13-11-19)30-27-22-14-16(3)21(15-23(22)28-30)26-24(31)17-6-8-18(25)9-7-17/h6-15H,4-5H2,1-3H3,(H,26,31). The SMILES string of the molecule is CCN(CC)c1ccc(-n2nc3cc(C)c(NC(=O)c4ccc(Cl)cc4)cc3n2)cc1. The largest absolute Gasteiger partial charge is 0.372 e. The summed E-state index contributed by atoms with van der Waals surface area (Å²) in [6, 6.07) is 18.8. The van der Waals surface area contributed by atoms with Crippen molar-refractivity contribution in [1.82, 2.24) is 15.0 Å². The minimum absolute atomic E-state index is 0.196. The first-order valence-electron chi connectivity index (χ1n) is 10.3. The smallest absolute Gasteiger partial charge is 0.255 e. The van der Waals surface area contributed by atoms with Crippen LogP contribution in [0, 0.1) is 6.92 Å². The molecule has 4 rings (SSSR count). The second-order valence-electron chi connectivity index (χ2n) is 7.29. The molecular weight excluding hydrogens is 410 g/mol. The lowest BCUT2D eigenvalue weighted by Crippen LogP contribution is -2.21. The Kier molecular flexibility index (Phi) is 5.91. The molecule has 31 heavy (non-hydrogen) atoms. The maximum absolute atomic E-state index is 12.6. The number of nitrogens with zero attached hydrogens (tertiary/aromatic N) is 4. The first-order valence-corrected chi connectivity index (χ1v) is 10.7. The molecule has 0 aliphatic carbocycles. The molecule has 1 amide bonds. The number of rotatable bonds is 6. The van der Waals surface area contributed by atoms with Crippen LogP contribution in [-0.2, 0) is 0 Å². The average molecular weight is 434 g/mol. The summed E-state index contributed by atoms with van der Waals surface area (Å²) in [4.78, 5) is 16.5. The number of anilines is 2. The molecule has 1 N–H and O–H groups in total. The van der Waals surface area contributed by atoms with Gasteiger partial charge in [-0.15, -0.1) is 10.2 Å². The van der Waals surface area contributed by atoms with Crippen molar-refractivity contribution in [1.29, 1.82) is 0 Å². The number of benzene rings is 3. The third kappa shape index (κ3) is 4.39. The third-order valence-electron chi connectivity index (χ3n) is 5.29. The van der Waals surface area contributed by atoms with E-state index in [1.807, 2.05) is 31.2 Å². The molecule has 0 atom stereocenters. The summed E-state index contributed by atoms with van der Waals surface area (Å²) < 4.78 is 0. The van der Waals surface area contributed by atoms with Gasteiger partial charge < -0.3 is 10.2 Å². The molecule has 0 aliphatic rings. The van der Waals surface area contributed by atoms with Crippen LogP contribution >= 0.6 is 11.6 Å². The summed E-state index contributed by atoms with van der Waals surface area (Å²) in [5, 5.41) is 12.8. The molecule has 0 saturated carbocycles. The molecule has 1 aromatic heterocycles. The van der Waals surface area contributed by atoms with Crippen LogP contribution < -0.4 is 10.2 Å². The number of hydrogen-bond donors (Lipinski definition) is 1. The summed E-state index contributed by atoms with van der Waals surface area (Å²) in [6.45, 7) is 8.15. The number of aromatic nitrogens is 3. The van der Waals surface area contributed by atoms with Gasteiger partial charge in [0.05, 0.1) is 5.69 Å². The summed E-state index contributed by atoms with van der Waals surface area (Å²) in [6.07, 6.45) is 0. The van der Waals surface area contributed by atoms with Crippen LogP contribution in [0.15, 0.2) is 60.7 Å². The van der Waals surface area contributed by atoms with E-state index < -0.39 is 0 Å². The number of carbonyl (C=O) groups excluding carboxylic acids is 1. The molecule has 0 bridgehead atoms. The van der Waals surface area contributed by atoms with Crippen molar-refractivity contribution in [2.75, 3.05) is 23.3 Å². The van der Waals surface area contributed by atoms with E-state index >= 15 is 0 Å². The lowest BCUT2D eigenvalue weighted by Gasteiger charge is -2.20. The van der Waals surface area contributed by atoms with Crippen LogP contribution in [0.1, 0.15) is 29.8 Å². The number of aryl methyl sites for hydroxylation is 1. The van der Waals surface area contributed by atoms with E-state index in [9.17, 15) is 4.79 Å². The van der Waals surface area contributed by atoms with Crippen molar-refractivity contribution in [3.63, 3.8) is 0 Å². The lowest BCUT2D eigenvalue weighted by molar-refractivity contribution is 0.102. The Morgan fingerprint density at radius 2 is 1.58 bits per heavy atom. The number of fused-ring (bicyclic) bond motifs is 1. The summed E-state index contributed by atoms with van der Waals surface area (Å²) in [7, 11) is 0. The fraction of sp³-hybridized carbons (Fsp3) is 0.208. The van der Waals surface area contributed by atoms with Crippen LogP contribution in [-0.4, -0.2) is 34.0 Å². The van der Waals surface area contributed by atoms with E-state index in [0.717, 1.165) is 29.9 Å². The zero-order valence-electron chi connectivity index (χ0n) is 17.8. The molecule has 1 heterocycles. The first-order chi connectivity index (χ1) is 15.0. The van der Waals surface area contributed by atoms with Gasteiger partial charge in [0, 0.05) is 35.1 Å². The van der Waals surface area contributed by atoms with E-state index in [1.165, 1.54) is 5.69 Å².